The topological polar surface area (TPSA) is 0 Å². The third-order valence-corrected chi connectivity index (χ3v) is 8.10. The van der Waals surface area contributed by atoms with Gasteiger partial charge < -0.3 is 0 Å². The van der Waals surface area contributed by atoms with Crippen molar-refractivity contribution in [3.8, 4) is 71.0 Å². The second kappa shape index (κ2) is 17.7. The van der Waals surface area contributed by atoms with Gasteiger partial charge in [-0.15, -0.1) is 0 Å². The van der Waals surface area contributed by atoms with E-state index in [1.807, 2.05) is 182 Å². The van der Waals surface area contributed by atoms with E-state index < -0.39 is 0 Å². The van der Waals surface area contributed by atoms with Gasteiger partial charge in [-0.05, 0) is 133 Å². The van der Waals surface area contributed by atoms with Gasteiger partial charge in [-0.25, -0.2) is 0 Å². The first-order valence-corrected chi connectivity index (χ1v) is 17.4. The highest BCUT2D eigenvalue weighted by Crippen LogP contribution is 2.10. The highest BCUT2D eigenvalue weighted by molar-refractivity contribution is 5.56. The third kappa shape index (κ3) is 10.2. The molecule has 0 heteroatoms. The maximum Gasteiger partial charge on any atom is 0.0405 e. The fraction of sp³-hybridized carbons (Fsp3) is 0. The lowest BCUT2D eigenvalue weighted by Crippen LogP contribution is -1.84. The molecule has 54 heavy (non-hydrogen) atoms. The van der Waals surface area contributed by atoms with E-state index in [0.717, 1.165) is 66.8 Å². The van der Waals surface area contributed by atoms with Gasteiger partial charge in [0.2, 0.25) is 0 Å². The molecule has 0 aliphatic rings. The zero-order valence-electron chi connectivity index (χ0n) is 29.3. The van der Waals surface area contributed by atoms with Crippen molar-refractivity contribution in [1.29, 1.82) is 0 Å². The van der Waals surface area contributed by atoms with Crippen molar-refractivity contribution < 1.29 is 0 Å². The number of benzene rings is 7. The molecule has 7 aromatic carbocycles. The molecule has 0 unspecified atom stereocenters. The average Bonchev–Trinajstić information content (AvgIpc) is 3.24. The molecule has 0 saturated heterocycles. The first-order valence-electron chi connectivity index (χ1n) is 17.4. The van der Waals surface area contributed by atoms with Crippen molar-refractivity contribution >= 4 is 0 Å². The van der Waals surface area contributed by atoms with Crippen LogP contribution in [0.4, 0.5) is 0 Å². The summed E-state index contributed by atoms with van der Waals surface area (Å²) >= 11 is 0. The minimum atomic E-state index is 0.880. The summed E-state index contributed by atoms with van der Waals surface area (Å²) in [4.78, 5) is 0. The summed E-state index contributed by atoms with van der Waals surface area (Å²) in [5.41, 5.74) is 11.2. The molecule has 0 aliphatic carbocycles. The Hall–Kier alpha value is -8.10. The van der Waals surface area contributed by atoms with Gasteiger partial charge in [0.1, 0.15) is 0 Å². The lowest BCUT2D eigenvalue weighted by molar-refractivity contribution is 1.56. The molecule has 7 rings (SSSR count). The molecular formula is C54H30. The molecule has 0 N–H and O–H groups in total. The molecule has 0 atom stereocenters. The summed E-state index contributed by atoms with van der Waals surface area (Å²) in [6.45, 7) is 0. The zero-order valence-corrected chi connectivity index (χ0v) is 29.3. The van der Waals surface area contributed by atoms with E-state index >= 15 is 0 Å². The van der Waals surface area contributed by atoms with Crippen LogP contribution < -0.4 is 0 Å². The number of hydrogen-bond donors (Lipinski definition) is 0. The fourth-order valence-electron chi connectivity index (χ4n) is 5.15. The van der Waals surface area contributed by atoms with E-state index in [2.05, 4.69) is 71.0 Å². The molecule has 0 nitrogen and oxygen atoms in total. The van der Waals surface area contributed by atoms with Crippen LogP contribution in [0.5, 0.6) is 0 Å². The smallest absolute Gasteiger partial charge is 0.0405 e. The molecule has 0 fully saturated rings. The van der Waals surface area contributed by atoms with Gasteiger partial charge in [0, 0.05) is 66.8 Å². The predicted molar refractivity (Wildman–Crippen MR) is 221 cm³/mol. The lowest BCUT2D eigenvalue weighted by atomic mass is 10.1. The van der Waals surface area contributed by atoms with Crippen LogP contribution in [-0.4, -0.2) is 0 Å². The molecule has 0 amide bonds. The third-order valence-electron chi connectivity index (χ3n) is 8.10. The van der Waals surface area contributed by atoms with E-state index in [9.17, 15) is 0 Å². The van der Waals surface area contributed by atoms with Crippen LogP contribution in [0.2, 0.25) is 0 Å². The maximum absolute atomic E-state index is 3.30. The summed E-state index contributed by atoms with van der Waals surface area (Å²) in [7, 11) is 0. The summed E-state index contributed by atoms with van der Waals surface area (Å²) in [5.74, 6) is 38.9. The van der Waals surface area contributed by atoms with Crippen molar-refractivity contribution in [2.45, 2.75) is 0 Å². The lowest BCUT2D eigenvalue weighted by Gasteiger charge is -1.97. The Morgan fingerprint density at radius 3 is 0.537 bits per heavy atom. The SMILES string of the molecule is C(#Cc1ccc(C#Cc2ccc(C#Cc3ccccc3C#Cc3ccc(C#Cc4ccc(C#Cc5ccccc5)cc4)cc3)cc2)cc1)c1ccccc1. The Morgan fingerprint density at radius 2 is 0.315 bits per heavy atom. The van der Waals surface area contributed by atoms with Crippen LogP contribution in [0, 0.1) is 71.0 Å². The molecule has 0 aromatic heterocycles. The average molecular weight is 679 g/mol. The van der Waals surface area contributed by atoms with E-state index in [1.54, 1.807) is 0 Å². The van der Waals surface area contributed by atoms with Gasteiger partial charge in [0.15, 0.2) is 0 Å². The quantitative estimate of drug-likeness (QED) is 0.140. The van der Waals surface area contributed by atoms with Gasteiger partial charge in [0.05, 0.1) is 0 Å². The Balaban J connectivity index is 0.953. The van der Waals surface area contributed by atoms with E-state index in [4.69, 9.17) is 0 Å². The molecule has 0 aliphatic heterocycles. The van der Waals surface area contributed by atoms with Crippen molar-refractivity contribution in [1.82, 2.24) is 0 Å². The predicted octanol–water partition coefficient (Wildman–Crippen LogP) is 10.1. The normalized spacial score (nSPS) is 9.33. The Bertz CT molecular complexity index is 2570. The minimum absolute atomic E-state index is 0.880. The fourth-order valence-corrected chi connectivity index (χ4v) is 5.15. The van der Waals surface area contributed by atoms with Crippen LogP contribution in [0.3, 0.4) is 0 Å². The summed E-state index contributed by atoms with van der Waals surface area (Å²) in [5, 5.41) is 0. The highest BCUT2D eigenvalue weighted by atomic mass is 14.0. The minimum Gasteiger partial charge on any atom is -0.0622 e. The van der Waals surface area contributed by atoms with Crippen molar-refractivity contribution in [3.63, 3.8) is 0 Å². The van der Waals surface area contributed by atoms with Gasteiger partial charge in [-0.2, -0.15) is 0 Å². The summed E-state index contributed by atoms with van der Waals surface area (Å²) in [6.07, 6.45) is 0. The molecule has 0 radical (unpaired) electrons. The van der Waals surface area contributed by atoms with Crippen LogP contribution in [0.15, 0.2) is 182 Å². The number of rotatable bonds is 0. The molecule has 246 valence electrons. The Morgan fingerprint density at radius 1 is 0.148 bits per heavy atom. The second-order valence-electron chi connectivity index (χ2n) is 12.1. The van der Waals surface area contributed by atoms with Crippen molar-refractivity contribution in [2.75, 3.05) is 0 Å². The van der Waals surface area contributed by atoms with E-state index in [0.29, 0.717) is 0 Å². The summed E-state index contributed by atoms with van der Waals surface area (Å²) < 4.78 is 0. The zero-order chi connectivity index (χ0) is 36.6. The van der Waals surface area contributed by atoms with Crippen LogP contribution in [-0.2, 0) is 0 Å². The van der Waals surface area contributed by atoms with Gasteiger partial charge in [-0.3, -0.25) is 0 Å². The molecule has 0 saturated carbocycles. The Kier molecular flexibility index (Phi) is 11.3. The first-order chi connectivity index (χ1) is 26.7. The maximum atomic E-state index is 3.30. The van der Waals surface area contributed by atoms with E-state index in [1.165, 1.54) is 0 Å². The summed E-state index contributed by atoms with van der Waals surface area (Å²) in [6, 6.07) is 59.9. The standard InChI is InChI=1S/C54H30/c1-3-9-43(10-4-1)15-17-45-19-23-47(24-20-45)27-29-49-31-35-51(36-32-49)39-41-53-13-7-8-14-54(53)42-40-52-37-33-50(34-38-52)30-28-48-25-21-46(22-26-48)18-16-44-11-5-2-6-12-44/h1-14,19-26,31-38H. The van der Waals surface area contributed by atoms with Crippen LogP contribution in [0.1, 0.15) is 66.8 Å². The van der Waals surface area contributed by atoms with Gasteiger partial charge in [-0.1, -0.05) is 120 Å². The van der Waals surface area contributed by atoms with Crippen LogP contribution in [0.25, 0.3) is 0 Å². The largest absolute Gasteiger partial charge is 0.0622 e. The second-order valence-corrected chi connectivity index (χ2v) is 12.1. The van der Waals surface area contributed by atoms with Gasteiger partial charge >= 0.3 is 0 Å². The Labute approximate surface area is 318 Å². The molecule has 7 aromatic rings. The monoisotopic (exact) mass is 678 g/mol. The molecule has 0 spiro atoms. The number of hydrogen-bond acceptors (Lipinski definition) is 0. The molecule has 0 heterocycles. The highest BCUT2D eigenvalue weighted by Gasteiger charge is 1.97. The first kappa shape index (κ1) is 34.4. The van der Waals surface area contributed by atoms with E-state index in [-0.39, 0.29) is 0 Å². The molecular weight excluding hydrogens is 649 g/mol. The molecule has 0 bridgehead atoms. The van der Waals surface area contributed by atoms with Crippen LogP contribution >= 0.6 is 0 Å². The van der Waals surface area contributed by atoms with Crippen molar-refractivity contribution in [2.24, 2.45) is 0 Å². The van der Waals surface area contributed by atoms with Crippen molar-refractivity contribution in [3.05, 3.63) is 249 Å². The van der Waals surface area contributed by atoms with Gasteiger partial charge in [0.25, 0.3) is 0 Å².